The Morgan fingerprint density at radius 2 is 2.21 bits per heavy atom. The van der Waals surface area contributed by atoms with E-state index in [2.05, 4.69) is 38.9 Å². The van der Waals surface area contributed by atoms with Crippen LogP contribution in [0.2, 0.25) is 0 Å². The number of nitrogens with one attached hydrogen (secondary N) is 1. The molecule has 0 amide bonds. The van der Waals surface area contributed by atoms with Gasteiger partial charge in [0.25, 0.3) is 0 Å². The summed E-state index contributed by atoms with van der Waals surface area (Å²) >= 11 is 0. The van der Waals surface area contributed by atoms with Crippen molar-refractivity contribution in [3.8, 4) is 11.8 Å². The maximum absolute atomic E-state index is 9.14. The van der Waals surface area contributed by atoms with Gasteiger partial charge in [-0.05, 0) is 44.0 Å². The first kappa shape index (κ1) is 17.0. The van der Waals surface area contributed by atoms with Crippen molar-refractivity contribution in [3.05, 3.63) is 66.7 Å². The lowest BCUT2D eigenvalue weighted by molar-refractivity contribution is 0.320. The van der Waals surface area contributed by atoms with Gasteiger partial charge in [0.2, 0.25) is 0 Å². The summed E-state index contributed by atoms with van der Waals surface area (Å²) in [6.45, 7) is 7.28. The highest BCUT2D eigenvalue weighted by Gasteiger charge is 2.08. The summed E-state index contributed by atoms with van der Waals surface area (Å²) in [5.41, 5.74) is 2.65. The normalized spacial score (nSPS) is 12.1. The number of fused-ring (bicyclic) bond motifs is 1. The maximum atomic E-state index is 9.14. The fourth-order valence-corrected chi connectivity index (χ4v) is 2.10. The fraction of sp³-hybridized carbons (Fsp3) is 0.105. The van der Waals surface area contributed by atoms with E-state index >= 15 is 0 Å². The zero-order chi connectivity index (χ0) is 17.4. The van der Waals surface area contributed by atoms with Crippen molar-refractivity contribution >= 4 is 22.4 Å². The van der Waals surface area contributed by atoms with Crippen molar-refractivity contribution in [1.82, 2.24) is 9.97 Å². The molecule has 0 saturated carbocycles. The van der Waals surface area contributed by atoms with E-state index in [4.69, 9.17) is 5.21 Å². The predicted octanol–water partition coefficient (Wildman–Crippen LogP) is 3.89. The molecule has 2 rings (SSSR count). The Morgan fingerprint density at radius 1 is 1.38 bits per heavy atom. The molecule has 1 heterocycles. The minimum absolute atomic E-state index is 0.298. The maximum Gasteiger partial charge on any atom is 0.159 e. The second-order valence-corrected chi connectivity index (χ2v) is 4.74. The molecule has 0 aliphatic rings. The number of aromatic nitrogens is 2. The Hall–Kier alpha value is -3.39. The summed E-state index contributed by atoms with van der Waals surface area (Å²) in [5.74, 6) is 6.15. The molecular weight excluding hydrogens is 300 g/mol. The Bertz CT molecular complexity index is 898. The van der Waals surface area contributed by atoms with Crippen LogP contribution in [0.3, 0.4) is 0 Å². The molecule has 2 N–H and O–H groups in total. The van der Waals surface area contributed by atoms with Crippen LogP contribution in [0.15, 0.2) is 66.3 Å². The summed E-state index contributed by atoms with van der Waals surface area (Å²) in [5, 5.41) is 16.5. The van der Waals surface area contributed by atoms with E-state index in [0.29, 0.717) is 17.1 Å². The number of oxime groups is 1. The van der Waals surface area contributed by atoms with Crippen LogP contribution in [-0.4, -0.2) is 20.9 Å². The Morgan fingerprint density at radius 3 is 2.88 bits per heavy atom. The molecular formula is C19H18N4O. The zero-order valence-corrected chi connectivity index (χ0v) is 13.6. The van der Waals surface area contributed by atoms with Crippen molar-refractivity contribution < 1.29 is 5.21 Å². The number of hydrogen-bond donors (Lipinski definition) is 2. The van der Waals surface area contributed by atoms with Crippen molar-refractivity contribution in [2.24, 2.45) is 5.16 Å². The third kappa shape index (κ3) is 3.87. The van der Waals surface area contributed by atoms with Gasteiger partial charge in [0.1, 0.15) is 12.1 Å². The molecule has 0 saturated heterocycles. The molecule has 24 heavy (non-hydrogen) atoms. The number of nitrogens with zero attached hydrogens (tertiary/aromatic N) is 3. The molecule has 0 aliphatic carbocycles. The van der Waals surface area contributed by atoms with Crippen LogP contribution in [0.25, 0.3) is 10.9 Å². The second kappa shape index (κ2) is 8.30. The highest BCUT2D eigenvalue weighted by atomic mass is 16.4. The van der Waals surface area contributed by atoms with E-state index in [-0.39, 0.29) is 0 Å². The van der Waals surface area contributed by atoms with Gasteiger partial charge in [-0.15, -0.1) is 0 Å². The van der Waals surface area contributed by atoms with Crippen molar-refractivity contribution in [3.63, 3.8) is 0 Å². The van der Waals surface area contributed by atoms with Crippen LogP contribution in [0.5, 0.6) is 0 Å². The monoisotopic (exact) mass is 318 g/mol. The number of benzene rings is 1. The SMILES string of the molecule is C=C/C=C\C(=C/C)Nc1ncnc2ccc(/C(C#CC)=N/O)cc12. The van der Waals surface area contributed by atoms with Crippen LogP contribution >= 0.6 is 0 Å². The largest absolute Gasteiger partial charge is 0.410 e. The number of allylic oxidation sites excluding steroid dienone is 4. The van der Waals surface area contributed by atoms with Crippen LogP contribution in [-0.2, 0) is 0 Å². The van der Waals surface area contributed by atoms with Gasteiger partial charge in [0.15, 0.2) is 5.71 Å². The molecule has 0 aliphatic heterocycles. The van der Waals surface area contributed by atoms with Gasteiger partial charge >= 0.3 is 0 Å². The standard InChI is InChI=1S/C19H18N4O/c1-4-7-9-15(6-3)22-19-16-12-14(17(23-24)8-5-2)10-11-18(16)20-13-21-19/h4,6-7,9-13,24H,1H2,2-3H3,(H,20,21,22)/b9-7-,15-6+,23-17+. The van der Waals surface area contributed by atoms with Crippen LogP contribution in [0.1, 0.15) is 19.4 Å². The zero-order valence-electron chi connectivity index (χ0n) is 13.6. The van der Waals surface area contributed by atoms with E-state index in [1.807, 2.05) is 43.4 Å². The molecule has 0 spiro atoms. The molecule has 1 aromatic carbocycles. The second-order valence-electron chi connectivity index (χ2n) is 4.74. The average molecular weight is 318 g/mol. The first-order valence-corrected chi connectivity index (χ1v) is 7.35. The molecule has 0 bridgehead atoms. The lowest BCUT2D eigenvalue weighted by atomic mass is 10.1. The summed E-state index contributed by atoms with van der Waals surface area (Å²) < 4.78 is 0. The lowest BCUT2D eigenvalue weighted by Gasteiger charge is -2.09. The van der Waals surface area contributed by atoms with Gasteiger partial charge in [0.05, 0.1) is 5.52 Å². The van der Waals surface area contributed by atoms with Crippen molar-refractivity contribution in [1.29, 1.82) is 0 Å². The lowest BCUT2D eigenvalue weighted by Crippen LogP contribution is -2.02. The Labute approximate surface area is 141 Å². The molecule has 0 radical (unpaired) electrons. The molecule has 5 nitrogen and oxygen atoms in total. The average Bonchev–Trinajstić information content (AvgIpc) is 2.62. The van der Waals surface area contributed by atoms with E-state index in [1.165, 1.54) is 6.33 Å². The van der Waals surface area contributed by atoms with Crippen LogP contribution in [0.4, 0.5) is 5.82 Å². The van der Waals surface area contributed by atoms with Gasteiger partial charge in [-0.2, -0.15) is 0 Å². The molecule has 5 heteroatoms. The summed E-state index contributed by atoms with van der Waals surface area (Å²) in [4.78, 5) is 8.58. The first-order valence-electron chi connectivity index (χ1n) is 7.35. The third-order valence-corrected chi connectivity index (χ3v) is 3.24. The van der Waals surface area contributed by atoms with Crippen molar-refractivity contribution in [2.45, 2.75) is 13.8 Å². The van der Waals surface area contributed by atoms with Crippen LogP contribution in [0, 0.1) is 11.8 Å². The number of anilines is 1. The minimum Gasteiger partial charge on any atom is -0.410 e. The number of rotatable bonds is 5. The van der Waals surface area contributed by atoms with Gasteiger partial charge < -0.3 is 10.5 Å². The molecule has 1 aromatic heterocycles. The van der Waals surface area contributed by atoms with Crippen molar-refractivity contribution in [2.75, 3.05) is 5.32 Å². The summed E-state index contributed by atoms with van der Waals surface area (Å²) in [7, 11) is 0. The quantitative estimate of drug-likeness (QED) is 0.288. The highest BCUT2D eigenvalue weighted by molar-refractivity contribution is 6.14. The molecule has 0 fully saturated rings. The molecule has 120 valence electrons. The minimum atomic E-state index is 0.298. The first-order chi connectivity index (χ1) is 11.7. The van der Waals surface area contributed by atoms with E-state index < -0.39 is 0 Å². The smallest absolute Gasteiger partial charge is 0.159 e. The summed E-state index contributed by atoms with van der Waals surface area (Å²) in [6, 6.07) is 5.50. The van der Waals surface area contributed by atoms with E-state index in [1.54, 1.807) is 13.0 Å². The number of hydrogen-bond acceptors (Lipinski definition) is 5. The fourth-order valence-electron chi connectivity index (χ4n) is 2.10. The Kier molecular flexibility index (Phi) is 5.87. The Balaban J connectivity index is 2.52. The van der Waals surface area contributed by atoms with Gasteiger partial charge in [-0.25, -0.2) is 9.97 Å². The topological polar surface area (TPSA) is 70.4 Å². The van der Waals surface area contributed by atoms with Gasteiger partial charge in [0, 0.05) is 16.6 Å². The highest BCUT2D eigenvalue weighted by Crippen LogP contribution is 2.22. The predicted molar refractivity (Wildman–Crippen MR) is 98.0 cm³/mol. The van der Waals surface area contributed by atoms with Gasteiger partial charge in [-0.3, -0.25) is 0 Å². The molecule has 0 atom stereocenters. The summed E-state index contributed by atoms with van der Waals surface area (Å²) in [6.07, 6.45) is 8.87. The molecule has 2 aromatic rings. The third-order valence-electron chi connectivity index (χ3n) is 3.24. The van der Waals surface area contributed by atoms with E-state index in [0.717, 1.165) is 16.6 Å². The molecule has 0 unspecified atom stereocenters. The van der Waals surface area contributed by atoms with E-state index in [9.17, 15) is 0 Å². The van der Waals surface area contributed by atoms with Gasteiger partial charge in [-0.1, -0.05) is 35.9 Å². The van der Waals surface area contributed by atoms with Crippen LogP contribution < -0.4 is 5.32 Å².